The van der Waals surface area contributed by atoms with Crippen LogP contribution >= 0.6 is 0 Å². The van der Waals surface area contributed by atoms with Gasteiger partial charge in [-0.05, 0) is 18.8 Å². The van der Waals surface area contributed by atoms with Crippen LogP contribution in [0.1, 0.15) is 57.5 Å². The predicted molar refractivity (Wildman–Crippen MR) is 77.3 cm³/mol. The number of hydrogen-bond donors (Lipinski definition) is 1. The maximum atomic E-state index is 9.54. The first-order valence-electron chi connectivity index (χ1n) is 7.37. The molecule has 1 aliphatic rings. The van der Waals surface area contributed by atoms with E-state index in [2.05, 4.69) is 35.6 Å². The smallest absolute Gasteiger partial charge is 0.131 e. The average molecular weight is 263 g/mol. The molecule has 4 heteroatoms. The number of rotatable bonds is 5. The molecule has 0 bridgehead atoms. The highest BCUT2D eigenvalue weighted by molar-refractivity contribution is 5.49. The van der Waals surface area contributed by atoms with Gasteiger partial charge in [0.2, 0.25) is 0 Å². The first-order valence-corrected chi connectivity index (χ1v) is 7.37. The summed E-state index contributed by atoms with van der Waals surface area (Å²) in [6.07, 6.45) is 5.66. The molecule has 4 nitrogen and oxygen atoms in total. The summed E-state index contributed by atoms with van der Waals surface area (Å²) >= 11 is 0. The highest BCUT2D eigenvalue weighted by Gasteiger charge is 2.24. The van der Waals surface area contributed by atoms with Gasteiger partial charge in [0.25, 0.3) is 0 Å². The molecule has 1 N–H and O–H groups in total. The van der Waals surface area contributed by atoms with Gasteiger partial charge in [0.15, 0.2) is 0 Å². The van der Waals surface area contributed by atoms with Gasteiger partial charge in [-0.3, -0.25) is 0 Å². The molecule has 0 amide bonds. The molecule has 0 radical (unpaired) electrons. The van der Waals surface area contributed by atoms with Crippen LogP contribution in [0.5, 0.6) is 0 Å². The lowest BCUT2D eigenvalue weighted by Gasteiger charge is -2.21. The van der Waals surface area contributed by atoms with Crippen molar-refractivity contribution in [2.75, 3.05) is 18.0 Å². The van der Waals surface area contributed by atoms with Crippen molar-refractivity contribution in [3.63, 3.8) is 0 Å². The summed E-state index contributed by atoms with van der Waals surface area (Å²) in [7, 11) is 0. The molecule has 2 heterocycles. The Morgan fingerprint density at radius 3 is 2.89 bits per heavy atom. The Kier molecular flexibility index (Phi) is 4.75. The zero-order chi connectivity index (χ0) is 13.8. The van der Waals surface area contributed by atoms with Gasteiger partial charge in [-0.25, -0.2) is 9.97 Å². The van der Waals surface area contributed by atoms with Crippen LogP contribution in [-0.2, 0) is 6.61 Å². The van der Waals surface area contributed by atoms with E-state index >= 15 is 0 Å². The fourth-order valence-electron chi connectivity index (χ4n) is 2.78. The predicted octanol–water partition coefficient (Wildman–Crippen LogP) is 2.72. The zero-order valence-electron chi connectivity index (χ0n) is 12.3. The summed E-state index contributed by atoms with van der Waals surface area (Å²) in [5.41, 5.74) is 1.79. The van der Waals surface area contributed by atoms with Gasteiger partial charge in [0.1, 0.15) is 5.82 Å². The Balaban J connectivity index is 2.16. The highest BCUT2D eigenvalue weighted by atomic mass is 16.3. The standard InChI is InChI=1S/C15H25N3O/c1-4-5-12-6-7-18(9-12)14-8-16-15(11(2)3)17-13(14)10-19/h8,11-12,19H,4-7,9-10H2,1-3H3. The number of nitrogens with zero attached hydrogens (tertiary/aromatic N) is 3. The summed E-state index contributed by atoms with van der Waals surface area (Å²) in [4.78, 5) is 11.3. The molecule has 1 aromatic heterocycles. The minimum Gasteiger partial charge on any atom is -0.390 e. The van der Waals surface area contributed by atoms with E-state index in [1.54, 1.807) is 0 Å². The minimum absolute atomic E-state index is 0.00742. The van der Waals surface area contributed by atoms with Crippen LogP contribution in [0, 0.1) is 5.92 Å². The average Bonchev–Trinajstić information content (AvgIpc) is 2.86. The van der Waals surface area contributed by atoms with Crippen LogP contribution in [-0.4, -0.2) is 28.2 Å². The normalized spacial score (nSPS) is 19.4. The Bertz CT molecular complexity index is 420. The van der Waals surface area contributed by atoms with Crippen molar-refractivity contribution in [1.82, 2.24) is 9.97 Å². The third-order valence-electron chi connectivity index (χ3n) is 3.85. The molecule has 0 spiro atoms. The summed E-state index contributed by atoms with van der Waals surface area (Å²) in [6.45, 7) is 8.51. The fraction of sp³-hybridized carbons (Fsp3) is 0.733. The molecule has 1 saturated heterocycles. The van der Waals surface area contributed by atoms with E-state index in [0.29, 0.717) is 5.92 Å². The molecule has 106 valence electrons. The van der Waals surface area contributed by atoms with Gasteiger partial charge < -0.3 is 10.0 Å². The summed E-state index contributed by atoms with van der Waals surface area (Å²) in [5.74, 6) is 1.89. The molecule has 0 saturated carbocycles. The van der Waals surface area contributed by atoms with Crippen molar-refractivity contribution in [2.24, 2.45) is 5.92 Å². The van der Waals surface area contributed by atoms with Crippen LogP contribution in [0.4, 0.5) is 5.69 Å². The van der Waals surface area contributed by atoms with E-state index < -0.39 is 0 Å². The Labute approximate surface area is 115 Å². The lowest BCUT2D eigenvalue weighted by atomic mass is 10.0. The van der Waals surface area contributed by atoms with Gasteiger partial charge >= 0.3 is 0 Å². The molecule has 2 rings (SSSR count). The van der Waals surface area contributed by atoms with E-state index in [1.807, 2.05) is 6.20 Å². The molecule has 0 aliphatic carbocycles. The van der Waals surface area contributed by atoms with Gasteiger partial charge in [0.05, 0.1) is 24.2 Å². The molecule has 1 unspecified atom stereocenters. The van der Waals surface area contributed by atoms with Gasteiger partial charge in [-0.15, -0.1) is 0 Å². The monoisotopic (exact) mass is 263 g/mol. The van der Waals surface area contributed by atoms with Gasteiger partial charge in [-0.2, -0.15) is 0 Å². The van der Waals surface area contributed by atoms with Crippen LogP contribution < -0.4 is 4.90 Å². The summed E-state index contributed by atoms with van der Waals surface area (Å²) in [6, 6.07) is 0. The van der Waals surface area contributed by atoms with Crippen LogP contribution in [0.25, 0.3) is 0 Å². The molecule has 1 aromatic rings. The molecule has 19 heavy (non-hydrogen) atoms. The Morgan fingerprint density at radius 1 is 1.47 bits per heavy atom. The van der Waals surface area contributed by atoms with E-state index in [-0.39, 0.29) is 6.61 Å². The second-order valence-corrected chi connectivity index (χ2v) is 5.76. The van der Waals surface area contributed by atoms with Crippen molar-refractivity contribution >= 4 is 5.69 Å². The number of aliphatic hydroxyl groups excluding tert-OH is 1. The van der Waals surface area contributed by atoms with Crippen LogP contribution in [0.15, 0.2) is 6.20 Å². The van der Waals surface area contributed by atoms with Crippen molar-refractivity contribution in [1.29, 1.82) is 0 Å². The molecule has 1 fully saturated rings. The topological polar surface area (TPSA) is 49.2 Å². The number of anilines is 1. The largest absolute Gasteiger partial charge is 0.390 e. The molecular weight excluding hydrogens is 238 g/mol. The quantitative estimate of drug-likeness (QED) is 0.887. The van der Waals surface area contributed by atoms with Crippen molar-refractivity contribution < 1.29 is 5.11 Å². The highest BCUT2D eigenvalue weighted by Crippen LogP contribution is 2.28. The third kappa shape index (κ3) is 3.24. The number of hydrogen-bond acceptors (Lipinski definition) is 4. The molecular formula is C15H25N3O. The van der Waals surface area contributed by atoms with Crippen LogP contribution in [0.3, 0.4) is 0 Å². The first-order chi connectivity index (χ1) is 9.15. The fourth-order valence-corrected chi connectivity index (χ4v) is 2.78. The van der Waals surface area contributed by atoms with Gasteiger partial charge in [-0.1, -0.05) is 27.2 Å². The second-order valence-electron chi connectivity index (χ2n) is 5.76. The molecule has 0 aromatic carbocycles. The van der Waals surface area contributed by atoms with Crippen LogP contribution in [0.2, 0.25) is 0 Å². The SMILES string of the molecule is CCCC1CCN(c2cnc(C(C)C)nc2CO)C1. The first kappa shape index (κ1) is 14.3. The van der Waals surface area contributed by atoms with E-state index in [1.165, 1.54) is 19.3 Å². The maximum absolute atomic E-state index is 9.54. The van der Waals surface area contributed by atoms with Crippen molar-refractivity contribution in [3.8, 4) is 0 Å². The lowest BCUT2D eigenvalue weighted by Crippen LogP contribution is -2.22. The van der Waals surface area contributed by atoms with Crippen molar-refractivity contribution in [2.45, 2.75) is 52.6 Å². The minimum atomic E-state index is -0.00742. The van der Waals surface area contributed by atoms with Crippen molar-refractivity contribution in [3.05, 3.63) is 17.7 Å². The molecule has 1 aliphatic heterocycles. The zero-order valence-corrected chi connectivity index (χ0v) is 12.3. The Hall–Kier alpha value is -1.16. The second kappa shape index (κ2) is 6.33. The molecule has 1 atom stereocenters. The van der Waals surface area contributed by atoms with E-state index in [0.717, 1.165) is 36.2 Å². The van der Waals surface area contributed by atoms with E-state index in [4.69, 9.17) is 0 Å². The third-order valence-corrected chi connectivity index (χ3v) is 3.85. The van der Waals surface area contributed by atoms with Gasteiger partial charge in [0, 0.05) is 19.0 Å². The lowest BCUT2D eigenvalue weighted by molar-refractivity contribution is 0.276. The maximum Gasteiger partial charge on any atom is 0.131 e. The van der Waals surface area contributed by atoms with E-state index in [9.17, 15) is 5.11 Å². The number of aliphatic hydroxyl groups is 1. The number of aromatic nitrogens is 2. The summed E-state index contributed by atoms with van der Waals surface area (Å²) < 4.78 is 0. The summed E-state index contributed by atoms with van der Waals surface area (Å²) in [5, 5.41) is 9.54. The Morgan fingerprint density at radius 2 is 2.26 bits per heavy atom.